The van der Waals surface area contributed by atoms with Gasteiger partial charge in [0.15, 0.2) is 12.2 Å². The number of alkyl halides is 3. The molecule has 180 valence electrons. The summed E-state index contributed by atoms with van der Waals surface area (Å²) >= 11 is 0. The number of para-hydroxylation sites is 2. The Morgan fingerprint density at radius 3 is 2.56 bits per heavy atom. The molecule has 1 N–H and O–H groups in total. The third-order valence-corrected chi connectivity index (χ3v) is 5.17. The van der Waals surface area contributed by atoms with Gasteiger partial charge in [-0.15, -0.1) is 0 Å². The van der Waals surface area contributed by atoms with Crippen molar-refractivity contribution in [1.82, 2.24) is 4.57 Å². The summed E-state index contributed by atoms with van der Waals surface area (Å²) < 4.78 is 55.9. The second kappa shape index (κ2) is 9.59. The van der Waals surface area contributed by atoms with E-state index in [-0.39, 0.29) is 5.69 Å². The van der Waals surface area contributed by atoms with Crippen LogP contribution in [0.5, 0.6) is 0 Å². The minimum absolute atomic E-state index is 0.0603. The summed E-state index contributed by atoms with van der Waals surface area (Å²) in [6, 6.07) is 9.53. The van der Waals surface area contributed by atoms with Crippen LogP contribution in [0.1, 0.15) is 5.56 Å². The van der Waals surface area contributed by atoms with E-state index in [0.29, 0.717) is 43.1 Å². The van der Waals surface area contributed by atoms with Gasteiger partial charge in [-0.1, -0.05) is 12.1 Å². The lowest BCUT2D eigenvalue weighted by atomic mass is 10.1. The molecule has 1 aromatic heterocycles. The maximum absolute atomic E-state index is 13.2. The second-order valence-corrected chi connectivity index (χ2v) is 7.46. The lowest BCUT2D eigenvalue weighted by Crippen LogP contribution is -2.37. The Bertz CT molecular complexity index is 1260. The first-order chi connectivity index (χ1) is 16.2. The van der Waals surface area contributed by atoms with E-state index in [1.807, 2.05) is 0 Å². The third kappa shape index (κ3) is 5.22. The molecule has 1 aliphatic heterocycles. The Hall–Kier alpha value is -3.80. The van der Waals surface area contributed by atoms with Crippen molar-refractivity contribution in [3.63, 3.8) is 0 Å². The number of hydrogen-bond donors (Lipinski definition) is 1. The van der Waals surface area contributed by atoms with Gasteiger partial charge in [0.05, 0.1) is 35.7 Å². The third-order valence-electron chi connectivity index (χ3n) is 5.17. The van der Waals surface area contributed by atoms with Gasteiger partial charge in [0, 0.05) is 13.1 Å². The molecule has 1 fully saturated rings. The largest absolute Gasteiger partial charge is 0.454 e. The van der Waals surface area contributed by atoms with Gasteiger partial charge in [-0.2, -0.15) is 13.2 Å². The molecule has 0 atom stereocenters. The van der Waals surface area contributed by atoms with E-state index in [4.69, 9.17) is 13.9 Å². The Morgan fingerprint density at radius 2 is 1.82 bits per heavy atom. The molecule has 2 heterocycles. The number of fused-ring (bicyclic) bond motifs is 1. The first-order valence-electron chi connectivity index (χ1n) is 10.3. The highest BCUT2D eigenvalue weighted by atomic mass is 19.4. The highest BCUT2D eigenvalue weighted by Gasteiger charge is 2.32. The Kier molecular flexibility index (Phi) is 6.59. The smallest absolute Gasteiger partial charge is 0.420 e. The lowest BCUT2D eigenvalue weighted by molar-refractivity contribution is -0.147. The predicted molar refractivity (Wildman–Crippen MR) is 115 cm³/mol. The number of ether oxygens (including phenoxy) is 2. The van der Waals surface area contributed by atoms with Crippen LogP contribution in [-0.4, -0.2) is 49.4 Å². The van der Waals surface area contributed by atoms with Gasteiger partial charge in [-0.25, -0.2) is 4.79 Å². The zero-order chi connectivity index (χ0) is 24.3. The number of nitrogens with one attached hydrogen (secondary N) is 1. The predicted octanol–water partition coefficient (Wildman–Crippen LogP) is 2.63. The zero-order valence-corrected chi connectivity index (χ0v) is 17.8. The second-order valence-electron chi connectivity index (χ2n) is 7.46. The van der Waals surface area contributed by atoms with E-state index in [2.05, 4.69) is 5.32 Å². The maximum atomic E-state index is 13.2. The van der Waals surface area contributed by atoms with Crippen molar-refractivity contribution in [1.29, 1.82) is 0 Å². The summed E-state index contributed by atoms with van der Waals surface area (Å²) in [7, 11) is 0. The van der Waals surface area contributed by atoms with Crippen LogP contribution in [0, 0.1) is 0 Å². The van der Waals surface area contributed by atoms with E-state index in [0.717, 1.165) is 16.7 Å². The van der Waals surface area contributed by atoms with Crippen LogP contribution in [0.15, 0.2) is 51.7 Å². The summed E-state index contributed by atoms with van der Waals surface area (Å²) in [5.74, 6) is -2.48. The molecule has 1 amide bonds. The molecule has 1 aliphatic rings. The average molecular weight is 479 g/mol. The van der Waals surface area contributed by atoms with Crippen LogP contribution in [0.2, 0.25) is 0 Å². The Balaban J connectivity index is 1.44. The molecule has 0 saturated carbocycles. The molecular formula is C22H20F3N3O6. The number of oxazole rings is 1. The summed E-state index contributed by atoms with van der Waals surface area (Å²) in [6.45, 7) is 0.434. The van der Waals surface area contributed by atoms with Crippen molar-refractivity contribution in [3.8, 4) is 0 Å². The molecule has 1 saturated heterocycles. The minimum Gasteiger partial charge on any atom is -0.454 e. The maximum Gasteiger partial charge on any atom is 0.420 e. The summed E-state index contributed by atoms with van der Waals surface area (Å²) in [5.41, 5.74) is 0.0801. The van der Waals surface area contributed by atoms with E-state index in [1.54, 1.807) is 29.2 Å². The van der Waals surface area contributed by atoms with Crippen molar-refractivity contribution >= 4 is 34.4 Å². The number of halogens is 3. The molecule has 0 aliphatic carbocycles. The summed E-state index contributed by atoms with van der Waals surface area (Å²) in [4.78, 5) is 38.3. The fourth-order valence-corrected chi connectivity index (χ4v) is 3.56. The van der Waals surface area contributed by atoms with E-state index >= 15 is 0 Å². The van der Waals surface area contributed by atoms with Gasteiger partial charge in [-0.05, 0) is 30.3 Å². The van der Waals surface area contributed by atoms with E-state index in [9.17, 15) is 27.6 Å². The number of benzene rings is 2. The number of carbonyl (C=O) groups is 2. The monoisotopic (exact) mass is 479 g/mol. The normalized spacial score (nSPS) is 14.3. The number of nitrogens with zero attached hydrogens (tertiary/aromatic N) is 2. The highest BCUT2D eigenvalue weighted by Crippen LogP contribution is 2.35. The first-order valence-corrected chi connectivity index (χ1v) is 10.3. The minimum atomic E-state index is -4.60. The zero-order valence-electron chi connectivity index (χ0n) is 17.8. The SMILES string of the molecule is O=C(COC(=O)Cn1c(=O)oc2ccccc21)Nc1cc(C(F)(F)F)ccc1N1CCOCC1. The van der Waals surface area contributed by atoms with Crippen LogP contribution in [0.4, 0.5) is 24.5 Å². The number of rotatable bonds is 6. The quantitative estimate of drug-likeness (QED) is 0.542. The van der Waals surface area contributed by atoms with Crippen molar-refractivity contribution in [2.45, 2.75) is 12.7 Å². The topological polar surface area (TPSA) is 103 Å². The number of esters is 1. The fraction of sp³-hybridized carbons (Fsp3) is 0.318. The average Bonchev–Trinajstić information content (AvgIpc) is 3.12. The molecule has 0 spiro atoms. The van der Waals surface area contributed by atoms with Gasteiger partial charge in [0.2, 0.25) is 0 Å². The molecular weight excluding hydrogens is 459 g/mol. The van der Waals surface area contributed by atoms with Crippen molar-refractivity contribution in [2.24, 2.45) is 0 Å². The molecule has 2 aromatic carbocycles. The fourth-order valence-electron chi connectivity index (χ4n) is 3.56. The standard InChI is InChI=1S/C22H20F3N3O6/c23-22(24,25)14-5-6-16(27-7-9-32-10-8-27)15(11-14)26-19(29)13-33-20(30)12-28-17-3-1-2-4-18(17)34-21(28)31/h1-6,11H,7-10,12-13H2,(H,26,29). The molecule has 12 heteroatoms. The van der Waals surface area contributed by atoms with E-state index in [1.165, 1.54) is 6.07 Å². The van der Waals surface area contributed by atoms with Crippen molar-refractivity contribution < 1.29 is 36.7 Å². The number of hydrogen-bond acceptors (Lipinski definition) is 7. The Morgan fingerprint density at radius 1 is 1.09 bits per heavy atom. The number of carbonyl (C=O) groups excluding carboxylic acids is 2. The number of anilines is 2. The molecule has 3 aromatic rings. The van der Waals surface area contributed by atoms with Crippen molar-refractivity contribution in [2.75, 3.05) is 43.1 Å². The van der Waals surface area contributed by atoms with Crippen LogP contribution >= 0.6 is 0 Å². The summed E-state index contributed by atoms with van der Waals surface area (Å²) in [5, 5.41) is 2.39. The summed E-state index contributed by atoms with van der Waals surface area (Å²) in [6.07, 6.45) is -4.60. The number of aromatic nitrogens is 1. The van der Waals surface area contributed by atoms with Gasteiger partial charge in [0.25, 0.3) is 5.91 Å². The number of amides is 1. The molecule has 0 bridgehead atoms. The van der Waals surface area contributed by atoms with Crippen LogP contribution < -0.4 is 16.0 Å². The first kappa shape index (κ1) is 23.4. The van der Waals surface area contributed by atoms with Crippen molar-refractivity contribution in [3.05, 3.63) is 58.6 Å². The highest BCUT2D eigenvalue weighted by molar-refractivity contribution is 5.96. The molecule has 4 rings (SSSR count). The number of morpholine rings is 1. The van der Waals surface area contributed by atoms with Crippen LogP contribution in [0.25, 0.3) is 11.1 Å². The van der Waals surface area contributed by atoms with Gasteiger partial charge in [-0.3, -0.25) is 14.2 Å². The molecule has 0 radical (unpaired) electrons. The Labute approximate surface area is 190 Å². The van der Waals surface area contributed by atoms with Gasteiger partial charge >= 0.3 is 17.9 Å². The van der Waals surface area contributed by atoms with Gasteiger partial charge < -0.3 is 24.1 Å². The molecule has 34 heavy (non-hydrogen) atoms. The van der Waals surface area contributed by atoms with Crippen LogP contribution in [-0.2, 0) is 31.8 Å². The lowest BCUT2D eigenvalue weighted by Gasteiger charge is -2.31. The van der Waals surface area contributed by atoms with E-state index < -0.39 is 42.5 Å². The van der Waals surface area contributed by atoms with Gasteiger partial charge in [0.1, 0.15) is 6.54 Å². The van der Waals surface area contributed by atoms with Crippen LogP contribution in [0.3, 0.4) is 0 Å². The molecule has 9 nitrogen and oxygen atoms in total. The molecule has 0 unspecified atom stereocenters.